The predicted molar refractivity (Wildman–Crippen MR) is 90.4 cm³/mol. The van der Waals surface area contributed by atoms with Crippen LogP contribution in [-0.2, 0) is 19.5 Å². The summed E-state index contributed by atoms with van der Waals surface area (Å²) in [6.07, 6.45) is 3.45. The van der Waals surface area contributed by atoms with Crippen molar-refractivity contribution in [3.05, 3.63) is 35.4 Å². The number of aryl methyl sites for hydroxylation is 1. The summed E-state index contributed by atoms with van der Waals surface area (Å²) in [6, 6.07) is 7.17. The Morgan fingerprint density at radius 2 is 1.96 bits per heavy atom. The first-order chi connectivity index (χ1) is 11.7. The van der Waals surface area contributed by atoms with Gasteiger partial charge >= 0.3 is 0 Å². The second-order valence-corrected chi connectivity index (χ2v) is 6.71. The molecule has 0 radical (unpaired) electrons. The standard InChI is InChI=1S/C18H24N4O2/c1-12-19-20-18-8-14-5-6-15(11-21(12)18)22(14)10-13-4-7-16(23-2)9-17(13)24-3/h4,7,9,14-15H,5-6,8,10-11H2,1-3H3. The van der Waals surface area contributed by atoms with E-state index >= 15 is 0 Å². The number of benzene rings is 1. The third-order valence-electron chi connectivity index (χ3n) is 5.44. The van der Waals surface area contributed by atoms with Crippen molar-refractivity contribution in [3.63, 3.8) is 0 Å². The van der Waals surface area contributed by atoms with E-state index in [9.17, 15) is 0 Å². The second kappa shape index (κ2) is 6.09. The van der Waals surface area contributed by atoms with Crippen LogP contribution in [0.3, 0.4) is 0 Å². The Morgan fingerprint density at radius 1 is 1.12 bits per heavy atom. The highest BCUT2D eigenvalue weighted by molar-refractivity contribution is 5.40. The average Bonchev–Trinajstić information content (AvgIpc) is 3.07. The molecule has 2 aliphatic rings. The lowest BCUT2D eigenvalue weighted by atomic mass is 10.1. The highest BCUT2D eigenvalue weighted by atomic mass is 16.5. The van der Waals surface area contributed by atoms with Gasteiger partial charge in [-0.25, -0.2) is 0 Å². The van der Waals surface area contributed by atoms with Gasteiger partial charge in [0.05, 0.1) is 14.2 Å². The molecule has 2 aliphatic heterocycles. The molecule has 6 nitrogen and oxygen atoms in total. The van der Waals surface area contributed by atoms with Gasteiger partial charge in [0.15, 0.2) is 0 Å². The Hall–Kier alpha value is -2.08. The lowest BCUT2D eigenvalue weighted by Gasteiger charge is -2.28. The minimum absolute atomic E-state index is 0.534. The molecule has 2 aromatic rings. The van der Waals surface area contributed by atoms with Crippen LogP contribution < -0.4 is 9.47 Å². The van der Waals surface area contributed by atoms with Crippen LogP contribution >= 0.6 is 0 Å². The smallest absolute Gasteiger partial charge is 0.134 e. The lowest BCUT2D eigenvalue weighted by molar-refractivity contribution is 0.178. The first-order valence-corrected chi connectivity index (χ1v) is 8.55. The van der Waals surface area contributed by atoms with Crippen molar-refractivity contribution in [2.75, 3.05) is 14.2 Å². The van der Waals surface area contributed by atoms with E-state index in [4.69, 9.17) is 9.47 Å². The monoisotopic (exact) mass is 328 g/mol. The lowest BCUT2D eigenvalue weighted by Crippen LogP contribution is -2.36. The molecule has 0 aliphatic carbocycles. The average molecular weight is 328 g/mol. The Labute approximate surface area is 142 Å². The highest BCUT2D eigenvalue weighted by Crippen LogP contribution is 2.35. The van der Waals surface area contributed by atoms with Gasteiger partial charge in [-0.3, -0.25) is 4.90 Å². The molecule has 0 amide bonds. The maximum atomic E-state index is 5.58. The van der Waals surface area contributed by atoms with Crippen LogP contribution in [0.5, 0.6) is 11.5 Å². The van der Waals surface area contributed by atoms with E-state index in [-0.39, 0.29) is 0 Å². The van der Waals surface area contributed by atoms with Crippen LogP contribution in [0.4, 0.5) is 0 Å². The number of ether oxygens (including phenoxy) is 2. The zero-order valence-corrected chi connectivity index (χ0v) is 14.5. The molecular weight excluding hydrogens is 304 g/mol. The molecule has 3 heterocycles. The van der Waals surface area contributed by atoms with Gasteiger partial charge in [-0.05, 0) is 25.8 Å². The molecule has 1 fully saturated rings. The summed E-state index contributed by atoms with van der Waals surface area (Å²) in [5.41, 5.74) is 1.21. The highest BCUT2D eigenvalue weighted by Gasteiger charge is 2.38. The quantitative estimate of drug-likeness (QED) is 0.861. The predicted octanol–water partition coefficient (Wildman–Crippen LogP) is 2.19. The normalized spacial score (nSPS) is 23.0. The van der Waals surface area contributed by atoms with Gasteiger partial charge in [0.2, 0.25) is 0 Å². The number of rotatable bonds is 4. The van der Waals surface area contributed by atoms with E-state index in [1.807, 2.05) is 19.1 Å². The maximum absolute atomic E-state index is 5.58. The summed E-state index contributed by atoms with van der Waals surface area (Å²) in [4.78, 5) is 2.62. The molecule has 128 valence electrons. The van der Waals surface area contributed by atoms with E-state index in [0.717, 1.165) is 42.7 Å². The van der Waals surface area contributed by atoms with Gasteiger partial charge in [0.1, 0.15) is 23.1 Å². The van der Waals surface area contributed by atoms with Crippen molar-refractivity contribution in [1.29, 1.82) is 0 Å². The van der Waals surface area contributed by atoms with Crippen LogP contribution in [0.25, 0.3) is 0 Å². The molecule has 2 atom stereocenters. The molecule has 2 bridgehead atoms. The van der Waals surface area contributed by atoms with Gasteiger partial charge in [-0.1, -0.05) is 6.07 Å². The van der Waals surface area contributed by atoms with Gasteiger partial charge < -0.3 is 14.0 Å². The Bertz CT molecular complexity index is 743. The summed E-state index contributed by atoms with van der Waals surface area (Å²) >= 11 is 0. The molecule has 1 aromatic carbocycles. The minimum Gasteiger partial charge on any atom is -0.497 e. The topological polar surface area (TPSA) is 52.4 Å². The molecule has 4 rings (SSSR count). The van der Waals surface area contributed by atoms with E-state index < -0.39 is 0 Å². The van der Waals surface area contributed by atoms with Gasteiger partial charge in [0, 0.05) is 43.2 Å². The molecule has 0 saturated carbocycles. The number of hydrogen-bond donors (Lipinski definition) is 0. The van der Waals surface area contributed by atoms with Crippen molar-refractivity contribution in [3.8, 4) is 11.5 Å². The zero-order chi connectivity index (χ0) is 16.7. The molecule has 1 aromatic heterocycles. The third kappa shape index (κ3) is 2.55. The van der Waals surface area contributed by atoms with E-state index in [1.165, 1.54) is 18.4 Å². The Kier molecular flexibility index (Phi) is 3.92. The minimum atomic E-state index is 0.534. The largest absolute Gasteiger partial charge is 0.497 e. The fraction of sp³-hybridized carbons (Fsp3) is 0.556. The van der Waals surface area contributed by atoms with Crippen LogP contribution in [0.2, 0.25) is 0 Å². The van der Waals surface area contributed by atoms with Crippen molar-refractivity contribution >= 4 is 0 Å². The number of nitrogens with zero attached hydrogens (tertiary/aromatic N) is 4. The molecule has 1 saturated heterocycles. The fourth-order valence-corrected chi connectivity index (χ4v) is 4.10. The first-order valence-electron chi connectivity index (χ1n) is 8.55. The summed E-state index contributed by atoms with van der Waals surface area (Å²) in [6.45, 7) is 3.94. The van der Waals surface area contributed by atoms with E-state index in [1.54, 1.807) is 14.2 Å². The molecule has 6 heteroatoms. The molecule has 2 unspecified atom stereocenters. The van der Waals surface area contributed by atoms with Crippen LogP contribution in [0.1, 0.15) is 30.1 Å². The number of hydrogen-bond acceptors (Lipinski definition) is 5. The van der Waals surface area contributed by atoms with Crippen LogP contribution in [-0.4, -0.2) is 46.0 Å². The summed E-state index contributed by atoms with van der Waals surface area (Å²) in [5.74, 6) is 3.88. The third-order valence-corrected chi connectivity index (χ3v) is 5.44. The van der Waals surface area contributed by atoms with Crippen LogP contribution in [0.15, 0.2) is 18.2 Å². The summed E-state index contributed by atoms with van der Waals surface area (Å²) < 4.78 is 13.2. The second-order valence-electron chi connectivity index (χ2n) is 6.71. The Morgan fingerprint density at radius 3 is 2.75 bits per heavy atom. The van der Waals surface area contributed by atoms with Crippen LogP contribution in [0, 0.1) is 6.92 Å². The fourth-order valence-electron chi connectivity index (χ4n) is 4.10. The van der Waals surface area contributed by atoms with Crippen molar-refractivity contribution in [2.45, 2.75) is 51.4 Å². The van der Waals surface area contributed by atoms with Gasteiger partial charge in [-0.2, -0.15) is 0 Å². The first kappa shape index (κ1) is 15.4. The van der Waals surface area contributed by atoms with E-state index in [0.29, 0.717) is 12.1 Å². The Balaban J connectivity index is 1.60. The molecule has 24 heavy (non-hydrogen) atoms. The van der Waals surface area contributed by atoms with Crippen molar-refractivity contribution in [1.82, 2.24) is 19.7 Å². The van der Waals surface area contributed by atoms with Gasteiger partial charge in [-0.15, -0.1) is 10.2 Å². The van der Waals surface area contributed by atoms with Gasteiger partial charge in [0.25, 0.3) is 0 Å². The SMILES string of the molecule is COc1ccc(CN2C3CCC2Cn2c(C)nnc2C3)c(OC)c1. The number of fused-ring (bicyclic) bond motifs is 3. The summed E-state index contributed by atoms with van der Waals surface area (Å²) in [5, 5.41) is 8.63. The number of aromatic nitrogens is 3. The molecular formula is C18H24N4O2. The zero-order valence-electron chi connectivity index (χ0n) is 14.5. The maximum Gasteiger partial charge on any atom is 0.134 e. The van der Waals surface area contributed by atoms with Crippen molar-refractivity contribution < 1.29 is 9.47 Å². The summed E-state index contributed by atoms with van der Waals surface area (Å²) in [7, 11) is 3.40. The molecule has 0 spiro atoms. The molecule has 0 N–H and O–H groups in total. The van der Waals surface area contributed by atoms with E-state index in [2.05, 4.69) is 25.7 Å². The number of methoxy groups -OCH3 is 2. The van der Waals surface area contributed by atoms with Crippen molar-refractivity contribution in [2.24, 2.45) is 0 Å².